The molecule has 6 heteroatoms. The Morgan fingerprint density at radius 3 is 2.50 bits per heavy atom. The summed E-state index contributed by atoms with van der Waals surface area (Å²) in [5.74, 6) is 0. The van der Waals surface area contributed by atoms with Crippen molar-refractivity contribution in [3.8, 4) is 0 Å². The number of sulfonamides is 1. The first kappa shape index (κ1) is 12.9. The summed E-state index contributed by atoms with van der Waals surface area (Å²) in [7, 11) is -2.12. The maximum atomic E-state index is 11.7. The minimum Gasteiger partial charge on any atom is -0.398 e. The van der Waals surface area contributed by atoms with Crippen LogP contribution < -0.4 is 15.8 Å². The summed E-state index contributed by atoms with van der Waals surface area (Å²) in [4.78, 5) is 0.111. The molecule has 0 radical (unpaired) electrons. The average Bonchev–Trinajstić information content (AvgIpc) is 2.81. The lowest BCUT2D eigenvalue weighted by Gasteiger charge is -2.15. The molecule has 98 valence electrons. The van der Waals surface area contributed by atoms with Gasteiger partial charge in [-0.3, -0.25) is 0 Å². The van der Waals surface area contributed by atoms with Crippen LogP contribution in [0.4, 0.5) is 11.4 Å². The molecule has 0 aromatic heterocycles. The molecular weight excluding hydrogens is 250 g/mol. The molecule has 0 amide bonds. The molecule has 0 fully saturated rings. The number of rotatable bonds is 4. The molecule has 4 N–H and O–H groups in total. The molecule has 5 nitrogen and oxygen atoms in total. The summed E-state index contributed by atoms with van der Waals surface area (Å²) in [5.41, 5.74) is 6.88. The van der Waals surface area contributed by atoms with E-state index in [4.69, 9.17) is 5.73 Å². The van der Waals surface area contributed by atoms with Gasteiger partial charge in [0.2, 0.25) is 10.0 Å². The molecule has 0 bridgehead atoms. The third-order valence-electron chi connectivity index (χ3n) is 2.95. The first-order chi connectivity index (χ1) is 8.53. The fraction of sp³-hybridized carbons (Fsp3) is 0.333. The lowest BCUT2D eigenvalue weighted by atomic mass is 10.2. The SMILES string of the molecule is CNS(=O)(=O)c1ccc(NC2CC=CC2)cc1N. The number of benzene rings is 1. The van der Waals surface area contributed by atoms with Crippen molar-refractivity contribution < 1.29 is 8.42 Å². The standard InChI is InChI=1S/C12H17N3O2S/c1-14-18(16,17)12-7-6-10(8-11(12)13)15-9-4-2-3-5-9/h2-3,6-9,14-15H,4-5,13H2,1H3. The summed E-state index contributed by atoms with van der Waals surface area (Å²) in [6.07, 6.45) is 6.22. The molecular formula is C12H17N3O2S. The summed E-state index contributed by atoms with van der Waals surface area (Å²) in [5, 5.41) is 3.32. The van der Waals surface area contributed by atoms with E-state index in [9.17, 15) is 8.42 Å². The molecule has 0 aliphatic heterocycles. The topological polar surface area (TPSA) is 84.2 Å². The number of nitrogens with two attached hydrogens (primary N) is 1. The van der Waals surface area contributed by atoms with E-state index in [1.807, 2.05) is 0 Å². The molecule has 18 heavy (non-hydrogen) atoms. The second-order valence-corrected chi connectivity index (χ2v) is 6.10. The van der Waals surface area contributed by atoms with Crippen LogP contribution in [-0.2, 0) is 10.0 Å². The second kappa shape index (κ2) is 4.99. The highest BCUT2D eigenvalue weighted by molar-refractivity contribution is 7.89. The van der Waals surface area contributed by atoms with Crippen molar-refractivity contribution in [2.45, 2.75) is 23.8 Å². The quantitative estimate of drug-likeness (QED) is 0.567. The number of anilines is 2. The minimum absolute atomic E-state index is 0.111. The maximum absolute atomic E-state index is 11.7. The molecule has 0 unspecified atom stereocenters. The molecule has 0 spiro atoms. The van der Waals surface area contributed by atoms with Gasteiger partial charge in [-0.25, -0.2) is 13.1 Å². The van der Waals surface area contributed by atoms with Gasteiger partial charge in [0.25, 0.3) is 0 Å². The van der Waals surface area contributed by atoms with Crippen LogP contribution in [0.25, 0.3) is 0 Å². The van der Waals surface area contributed by atoms with Gasteiger partial charge in [-0.2, -0.15) is 0 Å². The van der Waals surface area contributed by atoms with Crippen LogP contribution in [0.2, 0.25) is 0 Å². The van der Waals surface area contributed by atoms with Gasteiger partial charge in [0.15, 0.2) is 0 Å². The lowest BCUT2D eigenvalue weighted by Crippen LogP contribution is -2.20. The number of hydrogen-bond acceptors (Lipinski definition) is 4. The molecule has 1 aliphatic carbocycles. The highest BCUT2D eigenvalue weighted by atomic mass is 32.2. The van der Waals surface area contributed by atoms with Crippen LogP contribution in [0.5, 0.6) is 0 Å². The van der Waals surface area contributed by atoms with Crippen molar-refractivity contribution in [1.29, 1.82) is 0 Å². The van der Waals surface area contributed by atoms with E-state index in [0.29, 0.717) is 6.04 Å². The molecule has 2 rings (SSSR count). The third-order valence-corrected chi connectivity index (χ3v) is 4.43. The zero-order chi connectivity index (χ0) is 13.2. The highest BCUT2D eigenvalue weighted by Crippen LogP contribution is 2.24. The highest BCUT2D eigenvalue weighted by Gasteiger charge is 2.16. The number of nitrogens with one attached hydrogen (secondary N) is 2. The van der Waals surface area contributed by atoms with Gasteiger partial charge in [-0.1, -0.05) is 12.2 Å². The van der Waals surface area contributed by atoms with Gasteiger partial charge < -0.3 is 11.1 Å². The number of nitrogen functional groups attached to an aromatic ring is 1. The second-order valence-electron chi connectivity index (χ2n) is 4.24. The Morgan fingerprint density at radius 2 is 1.94 bits per heavy atom. The van der Waals surface area contributed by atoms with Crippen LogP contribution in [0.1, 0.15) is 12.8 Å². The van der Waals surface area contributed by atoms with Crippen LogP contribution in [-0.4, -0.2) is 21.5 Å². The molecule has 1 aliphatic rings. The zero-order valence-corrected chi connectivity index (χ0v) is 11.0. The van der Waals surface area contributed by atoms with Crippen molar-refractivity contribution in [2.75, 3.05) is 18.1 Å². The van der Waals surface area contributed by atoms with E-state index < -0.39 is 10.0 Å². The van der Waals surface area contributed by atoms with Gasteiger partial charge in [0, 0.05) is 11.7 Å². The minimum atomic E-state index is -3.49. The van der Waals surface area contributed by atoms with Crippen molar-refractivity contribution >= 4 is 21.4 Å². The Kier molecular flexibility index (Phi) is 3.58. The van der Waals surface area contributed by atoms with Crippen molar-refractivity contribution in [3.05, 3.63) is 30.4 Å². The molecule has 0 saturated carbocycles. The smallest absolute Gasteiger partial charge is 0.242 e. The number of hydrogen-bond donors (Lipinski definition) is 3. The van der Waals surface area contributed by atoms with Crippen molar-refractivity contribution in [1.82, 2.24) is 4.72 Å². The fourth-order valence-electron chi connectivity index (χ4n) is 1.96. The first-order valence-corrected chi connectivity index (χ1v) is 7.26. The van der Waals surface area contributed by atoms with Gasteiger partial charge in [0.05, 0.1) is 5.69 Å². The Bertz CT molecular complexity index is 559. The van der Waals surface area contributed by atoms with E-state index in [-0.39, 0.29) is 10.6 Å². The van der Waals surface area contributed by atoms with E-state index in [0.717, 1.165) is 18.5 Å². The molecule has 0 heterocycles. The summed E-state index contributed by atoms with van der Waals surface area (Å²) in [6.45, 7) is 0. The Labute approximate surface area is 107 Å². The van der Waals surface area contributed by atoms with Gasteiger partial charge >= 0.3 is 0 Å². The van der Waals surface area contributed by atoms with E-state index in [2.05, 4.69) is 22.2 Å². The first-order valence-electron chi connectivity index (χ1n) is 5.77. The van der Waals surface area contributed by atoms with Crippen molar-refractivity contribution in [2.24, 2.45) is 0 Å². The lowest BCUT2D eigenvalue weighted by molar-refractivity contribution is 0.588. The monoisotopic (exact) mass is 267 g/mol. The average molecular weight is 267 g/mol. The predicted molar refractivity (Wildman–Crippen MR) is 72.9 cm³/mol. The zero-order valence-electron chi connectivity index (χ0n) is 10.2. The van der Waals surface area contributed by atoms with Gasteiger partial charge in [0.1, 0.15) is 4.90 Å². The largest absolute Gasteiger partial charge is 0.398 e. The third kappa shape index (κ3) is 2.65. The van der Waals surface area contributed by atoms with Gasteiger partial charge in [-0.05, 0) is 38.1 Å². The predicted octanol–water partition coefficient (Wildman–Crippen LogP) is 1.31. The Hall–Kier alpha value is -1.53. The molecule has 0 saturated heterocycles. The van der Waals surface area contributed by atoms with Crippen LogP contribution in [0.15, 0.2) is 35.2 Å². The molecule has 0 atom stereocenters. The molecule has 1 aromatic carbocycles. The fourth-order valence-corrected chi connectivity index (χ4v) is 2.80. The normalized spacial score (nSPS) is 16.1. The van der Waals surface area contributed by atoms with Crippen LogP contribution in [0.3, 0.4) is 0 Å². The van der Waals surface area contributed by atoms with Crippen LogP contribution in [0, 0.1) is 0 Å². The van der Waals surface area contributed by atoms with Gasteiger partial charge in [-0.15, -0.1) is 0 Å². The summed E-state index contributed by atoms with van der Waals surface area (Å²) in [6, 6.07) is 5.28. The van der Waals surface area contributed by atoms with E-state index >= 15 is 0 Å². The van der Waals surface area contributed by atoms with Crippen LogP contribution >= 0.6 is 0 Å². The van der Waals surface area contributed by atoms with E-state index in [1.165, 1.54) is 13.1 Å². The molecule has 1 aromatic rings. The Morgan fingerprint density at radius 1 is 1.28 bits per heavy atom. The van der Waals surface area contributed by atoms with Crippen molar-refractivity contribution in [3.63, 3.8) is 0 Å². The summed E-state index contributed by atoms with van der Waals surface area (Å²) < 4.78 is 25.6. The van der Waals surface area contributed by atoms with E-state index in [1.54, 1.807) is 12.1 Å². The Balaban J connectivity index is 2.19. The maximum Gasteiger partial charge on any atom is 0.242 e. The summed E-state index contributed by atoms with van der Waals surface area (Å²) >= 11 is 0.